The van der Waals surface area contributed by atoms with Gasteiger partial charge in [0.15, 0.2) is 0 Å². The number of hydrogen-bond donors (Lipinski definition) is 0. The third-order valence-electron chi connectivity index (χ3n) is 5.67. The average molecular weight is 400 g/mol. The molecular formula is C29H51. The molecule has 0 atom stereocenters. The Morgan fingerprint density at radius 1 is 0.414 bits per heavy atom. The second-order valence-electron chi connectivity index (χ2n) is 8.54. The summed E-state index contributed by atoms with van der Waals surface area (Å²) in [5, 5.41) is 0. The molecule has 0 aromatic rings. The maximum Gasteiger partial charge on any atom is -0.0348 e. The third-order valence-corrected chi connectivity index (χ3v) is 5.67. The summed E-state index contributed by atoms with van der Waals surface area (Å²) >= 11 is 0. The molecule has 0 saturated heterocycles. The predicted molar refractivity (Wildman–Crippen MR) is 134 cm³/mol. The highest BCUT2D eigenvalue weighted by Crippen LogP contribution is 2.14. The van der Waals surface area contributed by atoms with E-state index < -0.39 is 0 Å². The fourth-order valence-electron chi connectivity index (χ4n) is 3.77. The van der Waals surface area contributed by atoms with Gasteiger partial charge in [-0.25, -0.2) is 0 Å². The molecule has 0 unspecified atom stereocenters. The maximum absolute atomic E-state index is 5.26. The molecule has 1 radical (unpaired) electrons. The summed E-state index contributed by atoms with van der Waals surface area (Å²) in [6.45, 7) is 7.56. The monoisotopic (exact) mass is 399 g/mol. The molecule has 0 heteroatoms. The lowest BCUT2D eigenvalue weighted by molar-refractivity contribution is 0.523. The molecular weight excluding hydrogens is 348 g/mol. The fraction of sp³-hybridized carbons (Fsp3) is 0.724. The van der Waals surface area contributed by atoms with Gasteiger partial charge in [-0.1, -0.05) is 172 Å². The van der Waals surface area contributed by atoms with Gasteiger partial charge >= 0.3 is 0 Å². The summed E-state index contributed by atoms with van der Waals surface area (Å²) < 4.78 is 0. The van der Waals surface area contributed by atoms with E-state index in [4.69, 9.17) is 6.58 Å². The van der Waals surface area contributed by atoms with Crippen LogP contribution in [0.4, 0.5) is 0 Å². The zero-order valence-corrected chi connectivity index (χ0v) is 19.8. The molecule has 0 rings (SSSR count). The quantitative estimate of drug-likeness (QED) is 0.118. The summed E-state index contributed by atoms with van der Waals surface area (Å²) in [7, 11) is 0. The molecule has 29 heavy (non-hydrogen) atoms. The van der Waals surface area contributed by atoms with Crippen molar-refractivity contribution >= 4 is 0 Å². The van der Waals surface area contributed by atoms with Crippen LogP contribution in [0.15, 0.2) is 42.5 Å². The van der Waals surface area contributed by atoms with Crippen molar-refractivity contribution in [3.05, 3.63) is 49.1 Å². The minimum atomic E-state index is 1.20. The number of allylic oxidation sites excluding steroid dienone is 7. The van der Waals surface area contributed by atoms with E-state index in [9.17, 15) is 0 Å². The van der Waals surface area contributed by atoms with Crippen LogP contribution in [0.5, 0.6) is 0 Å². The maximum atomic E-state index is 5.26. The summed E-state index contributed by atoms with van der Waals surface area (Å²) in [5.74, 6) is 0. The van der Waals surface area contributed by atoms with Crippen LogP contribution < -0.4 is 0 Å². The van der Waals surface area contributed by atoms with Crippen molar-refractivity contribution in [2.24, 2.45) is 0 Å². The third kappa shape index (κ3) is 27.0. The number of hydrogen-bond acceptors (Lipinski definition) is 0. The topological polar surface area (TPSA) is 0 Å². The fourth-order valence-corrected chi connectivity index (χ4v) is 3.77. The summed E-state index contributed by atoms with van der Waals surface area (Å²) in [6, 6.07) is 0. The molecule has 0 N–H and O–H groups in total. The van der Waals surface area contributed by atoms with Gasteiger partial charge in [0, 0.05) is 0 Å². The summed E-state index contributed by atoms with van der Waals surface area (Å²) in [5.41, 5.74) is 0. The Bertz CT molecular complexity index is 385. The second-order valence-corrected chi connectivity index (χ2v) is 8.54. The van der Waals surface area contributed by atoms with Gasteiger partial charge in [0.2, 0.25) is 0 Å². The van der Waals surface area contributed by atoms with Crippen LogP contribution in [0.3, 0.4) is 0 Å². The standard InChI is InChI=1S/C29H51/c1-3-5-7-9-11-13-15-17-19-21-23-25-27-29-28-26-24-22-20-18-16-14-12-10-8-6-4-2/h1,3,5,7,9,11,13,15H,4,6,8,10,12,14,16-29H2,2H3/b3-1?,7-5+,11-9+,15-13+. The molecule has 0 nitrogen and oxygen atoms in total. The second kappa shape index (κ2) is 27.0. The van der Waals surface area contributed by atoms with Crippen molar-refractivity contribution in [3.8, 4) is 0 Å². The van der Waals surface area contributed by atoms with Crippen molar-refractivity contribution in [1.82, 2.24) is 0 Å². The van der Waals surface area contributed by atoms with E-state index in [-0.39, 0.29) is 0 Å². The van der Waals surface area contributed by atoms with Crippen molar-refractivity contribution < 1.29 is 0 Å². The average Bonchev–Trinajstić information content (AvgIpc) is 2.74. The van der Waals surface area contributed by atoms with Gasteiger partial charge in [-0.2, -0.15) is 0 Å². The first-order chi connectivity index (χ1) is 14.4. The van der Waals surface area contributed by atoms with Gasteiger partial charge in [-0.15, -0.1) is 0 Å². The van der Waals surface area contributed by atoms with Crippen LogP contribution in [0.1, 0.15) is 135 Å². The predicted octanol–water partition coefficient (Wildman–Crippen LogP) is 10.5. The Kier molecular flexibility index (Phi) is 26.0. The van der Waals surface area contributed by atoms with Gasteiger partial charge in [0.25, 0.3) is 0 Å². The van der Waals surface area contributed by atoms with Crippen LogP contribution >= 0.6 is 0 Å². The molecule has 0 aromatic carbocycles. The van der Waals surface area contributed by atoms with Gasteiger partial charge in [0.1, 0.15) is 0 Å². The van der Waals surface area contributed by atoms with E-state index in [2.05, 4.69) is 25.2 Å². The van der Waals surface area contributed by atoms with Crippen LogP contribution in [-0.4, -0.2) is 0 Å². The summed E-state index contributed by atoms with van der Waals surface area (Å²) in [4.78, 5) is 0. The van der Waals surface area contributed by atoms with Gasteiger partial charge < -0.3 is 0 Å². The molecule has 0 aliphatic carbocycles. The van der Waals surface area contributed by atoms with E-state index in [0.29, 0.717) is 0 Å². The smallest absolute Gasteiger partial charge is 0.0348 e. The van der Waals surface area contributed by atoms with E-state index >= 15 is 0 Å². The number of rotatable bonds is 23. The highest BCUT2D eigenvalue weighted by Gasteiger charge is 1.95. The molecule has 0 amide bonds. The zero-order chi connectivity index (χ0) is 21.1. The van der Waals surface area contributed by atoms with Gasteiger partial charge in [-0.05, 0) is 12.8 Å². The van der Waals surface area contributed by atoms with E-state index in [1.807, 2.05) is 18.2 Å². The Hall–Kier alpha value is -1.04. The lowest BCUT2D eigenvalue weighted by Gasteiger charge is -2.03. The first-order valence-corrected chi connectivity index (χ1v) is 12.9. The molecule has 0 aliphatic heterocycles. The Morgan fingerprint density at radius 2 is 0.759 bits per heavy atom. The van der Waals surface area contributed by atoms with E-state index in [0.717, 1.165) is 0 Å². The summed E-state index contributed by atoms with van der Waals surface area (Å²) in [6.07, 6.45) is 42.4. The lowest BCUT2D eigenvalue weighted by Crippen LogP contribution is -1.84. The molecule has 0 spiro atoms. The van der Waals surface area contributed by atoms with Crippen LogP contribution in [0.25, 0.3) is 0 Å². The minimum Gasteiger partial charge on any atom is -0.0845 e. The van der Waals surface area contributed by atoms with Crippen molar-refractivity contribution in [3.63, 3.8) is 0 Å². The van der Waals surface area contributed by atoms with Gasteiger partial charge in [-0.3, -0.25) is 0 Å². The molecule has 0 aromatic heterocycles. The Labute approximate surface area is 184 Å². The van der Waals surface area contributed by atoms with Crippen LogP contribution in [0, 0.1) is 6.58 Å². The zero-order valence-electron chi connectivity index (χ0n) is 19.8. The van der Waals surface area contributed by atoms with Gasteiger partial charge in [0.05, 0.1) is 0 Å². The number of unbranched alkanes of at least 4 members (excludes halogenated alkanes) is 19. The Balaban J connectivity index is 3.10. The molecule has 0 heterocycles. The van der Waals surface area contributed by atoms with E-state index in [1.165, 1.54) is 128 Å². The molecule has 167 valence electrons. The SMILES string of the molecule is [CH]=C/C=C/C=C/C=C/CCCCCCCCCCCCCCCCCCCCC. The van der Waals surface area contributed by atoms with Crippen molar-refractivity contribution in [1.29, 1.82) is 0 Å². The van der Waals surface area contributed by atoms with Crippen molar-refractivity contribution in [2.45, 2.75) is 135 Å². The largest absolute Gasteiger partial charge is 0.0845 e. The molecule has 0 aliphatic rings. The first kappa shape index (κ1) is 28.0. The minimum absolute atomic E-state index is 1.20. The molecule has 0 bridgehead atoms. The highest BCUT2D eigenvalue weighted by atomic mass is 14.0. The van der Waals surface area contributed by atoms with E-state index in [1.54, 1.807) is 6.08 Å². The molecule has 0 fully saturated rings. The van der Waals surface area contributed by atoms with Crippen molar-refractivity contribution in [2.75, 3.05) is 0 Å². The first-order valence-electron chi connectivity index (χ1n) is 12.9. The van der Waals surface area contributed by atoms with Crippen LogP contribution in [0.2, 0.25) is 0 Å². The lowest BCUT2D eigenvalue weighted by atomic mass is 10.0. The highest BCUT2D eigenvalue weighted by molar-refractivity contribution is 5.13. The molecule has 0 saturated carbocycles. The Morgan fingerprint density at radius 3 is 1.17 bits per heavy atom. The normalized spacial score (nSPS) is 12.0. The van der Waals surface area contributed by atoms with Crippen LogP contribution in [-0.2, 0) is 0 Å².